The molecule has 0 N–H and O–H groups in total. The maximum atomic E-state index is 5.73. The van der Waals surface area contributed by atoms with Crippen LogP contribution >= 0.6 is 12.2 Å². The third-order valence-corrected chi connectivity index (χ3v) is 4.88. The van der Waals surface area contributed by atoms with Crippen molar-refractivity contribution in [3.8, 4) is 0 Å². The van der Waals surface area contributed by atoms with Gasteiger partial charge in [-0.1, -0.05) is 64.6 Å². The molecule has 0 bridgehead atoms. The van der Waals surface area contributed by atoms with Crippen LogP contribution in [0.5, 0.6) is 0 Å². The molecule has 0 aromatic carbocycles. The van der Waals surface area contributed by atoms with Crippen molar-refractivity contribution in [1.82, 2.24) is 25.1 Å². The van der Waals surface area contributed by atoms with Gasteiger partial charge in [0.25, 0.3) is 0 Å². The third kappa shape index (κ3) is 8.71. The summed E-state index contributed by atoms with van der Waals surface area (Å²) in [4.78, 5) is 3.58. The summed E-state index contributed by atoms with van der Waals surface area (Å²) in [6.45, 7) is 6.76. The predicted molar refractivity (Wildman–Crippen MR) is 104 cm³/mol. The number of rotatable bonds is 14. The highest BCUT2D eigenvalue weighted by Crippen LogP contribution is 2.10. The first kappa shape index (κ1) is 21.0. The second-order valence-electron chi connectivity index (χ2n) is 6.57. The molecule has 0 radical (unpaired) electrons. The quantitative estimate of drug-likeness (QED) is 0.368. The van der Waals surface area contributed by atoms with Crippen LogP contribution in [0.25, 0.3) is 0 Å². The fourth-order valence-corrected chi connectivity index (χ4v) is 3.16. The number of hydrogen-bond acceptors (Lipinski definition) is 4. The van der Waals surface area contributed by atoms with Crippen molar-refractivity contribution >= 4 is 17.2 Å². The van der Waals surface area contributed by atoms with E-state index in [0.29, 0.717) is 0 Å². The molecule has 1 aromatic heterocycles. The Morgan fingerprint density at radius 3 is 2.08 bits per heavy atom. The van der Waals surface area contributed by atoms with Gasteiger partial charge in [-0.3, -0.25) is 0 Å². The Morgan fingerprint density at radius 2 is 1.58 bits per heavy atom. The average molecular weight is 354 g/mol. The van der Waals surface area contributed by atoms with Gasteiger partial charge in [-0.15, -0.1) is 5.10 Å². The summed E-state index contributed by atoms with van der Waals surface area (Å²) in [6, 6.07) is 0. The highest BCUT2D eigenvalue weighted by atomic mass is 32.1. The van der Waals surface area contributed by atoms with E-state index in [2.05, 4.69) is 34.3 Å². The molecule has 1 aromatic rings. The summed E-state index contributed by atoms with van der Waals surface area (Å²) in [5.74, 6) is 0.940. The zero-order valence-electron chi connectivity index (χ0n) is 15.8. The van der Waals surface area contributed by atoms with E-state index in [0.717, 1.165) is 43.2 Å². The van der Waals surface area contributed by atoms with Gasteiger partial charge in [0, 0.05) is 26.6 Å². The number of thiocarbonyl (C=S) groups is 1. The summed E-state index contributed by atoms with van der Waals surface area (Å²) >= 11 is 5.73. The molecular formula is C18H35N5S. The van der Waals surface area contributed by atoms with Gasteiger partial charge in [-0.25, -0.2) is 4.68 Å². The summed E-state index contributed by atoms with van der Waals surface area (Å²) in [5.41, 5.74) is 0. The van der Waals surface area contributed by atoms with Gasteiger partial charge >= 0.3 is 0 Å². The molecule has 138 valence electrons. The van der Waals surface area contributed by atoms with Crippen molar-refractivity contribution in [3.63, 3.8) is 0 Å². The predicted octanol–water partition coefficient (Wildman–Crippen LogP) is 4.32. The maximum Gasteiger partial charge on any atom is 0.150 e. The van der Waals surface area contributed by atoms with Crippen molar-refractivity contribution < 1.29 is 0 Å². The first-order valence-corrected chi connectivity index (χ1v) is 10.1. The fraction of sp³-hybridized carbons (Fsp3) is 0.889. The van der Waals surface area contributed by atoms with E-state index in [4.69, 9.17) is 12.2 Å². The monoisotopic (exact) mass is 353 g/mol. The van der Waals surface area contributed by atoms with Crippen molar-refractivity contribution in [2.75, 3.05) is 13.1 Å². The Morgan fingerprint density at radius 1 is 0.958 bits per heavy atom. The smallest absolute Gasteiger partial charge is 0.150 e. The van der Waals surface area contributed by atoms with Crippen LogP contribution in [0.15, 0.2) is 0 Å². The molecule has 1 rings (SSSR count). The summed E-state index contributed by atoms with van der Waals surface area (Å²) in [5, 5.41) is 11.6. The second-order valence-corrected chi connectivity index (χ2v) is 7.05. The minimum atomic E-state index is 0.892. The summed E-state index contributed by atoms with van der Waals surface area (Å²) in [7, 11) is 1.89. The number of aromatic nitrogens is 4. The van der Waals surface area contributed by atoms with Crippen molar-refractivity contribution in [2.45, 2.75) is 84.5 Å². The standard InChI is InChI=1S/C18H35N5S/c1-4-6-8-10-15-23(16-11-9-7-5-2)18(24)14-12-13-17-19-20-21-22(17)3/h4-16H2,1-3H3. The molecule has 0 aliphatic heterocycles. The van der Waals surface area contributed by atoms with E-state index in [1.165, 1.54) is 51.4 Å². The van der Waals surface area contributed by atoms with Gasteiger partial charge in [0.05, 0.1) is 4.99 Å². The lowest BCUT2D eigenvalue weighted by Crippen LogP contribution is -2.31. The highest BCUT2D eigenvalue weighted by molar-refractivity contribution is 7.80. The molecule has 5 nitrogen and oxygen atoms in total. The van der Waals surface area contributed by atoms with Gasteiger partial charge < -0.3 is 4.90 Å². The van der Waals surface area contributed by atoms with E-state index < -0.39 is 0 Å². The molecule has 1 heterocycles. The van der Waals surface area contributed by atoms with Crippen LogP contribution in [0.3, 0.4) is 0 Å². The van der Waals surface area contributed by atoms with Gasteiger partial charge in [0.15, 0.2) is 5.82 Å². The molecule has 0 fully saturated rings. The Balaban J connectivity index is 2.34. The van der Waals surface area contributed by atoms with E-state index in [1.54, 1.807) is 4.68 Å². The van der Waals surface area contributed by atoms with Crippen LogP contribution in [0.2, 0.25) is 0 Å². The first-order valence-electron chi connectivity index (χ1n) is 9.68. The Labute approximate surface area is 153 Å². The number of unbranched alkanes of at least 4 members (excludes halogenated alkanes) is 6. The second kappa shape index (κ2) is 13.3. The first-order chi connectivity index (χ1) is 11.7. The molecule has 24 heavy (non-hydrogen) atoms. The lowest BCUT2D eigenvalue weighted by Gasteiger charge is -2.25. The van der Waals surface area contributed by atoms with E-state index in [9.17, 15) is 0 Å². The Kier molecular flexibility index (Phi) is 11.6. The molecule has 6 heteroatoms. The normalized spacial score (nSPS) is 11.0. The number of hydrogen-bond donors (Lipinski definition) is 0. The molecule has 0 saturated carbocycles. The molecule has 0 saturated heterocycles. The largest absolute Gasteiger partial charge is 0.366 e. The lowest BCUT2D eigenvalue weighted by atomic mass is 10.1. The van der Waals surface area contributed by atoms with Crippen molar-refractivity contribution in [1.29, 1.82) is 0 Å². The summed E-state index contributed by atoms with van der Waals surface area (Å²) < 4.78 is 1.75. The van der Waals surface area contributed by atoms with Crippen molar-refractivity contribution in [2.24, 2.45) is 7.05 Å². The van der Waals surface area contributed by atoms with E-state index in [-0.39, 0.29) is 0 Å². The van der Waals surface area contributed by atoms with Crippen LogP contribution in [-0.2, 0) is 13.5 Å². The molecule has 0 aliphatic rings. The lowest BCUT2D eigenvalue weighted by molar-refractivity contribution is 0.385. The molecule has 0 aliphatic carbocycles. The minimum absolute atomic E-state index is 0.892. The van der Waals surface area contributed by atoms with Crippen LogP contribution in [0, 0.1) is 0 Å². The number of tetrazole rings is 1. The summed E-state index contributed by atoms with van der Waals surface area (Å²) in [6.07, 6.45) is 13.2. The van der Waals surface area contributed by atoms with Gasteiger partial charge in [-0.05, 0) is 36.1 Å². The average Bonchev–Trinajstić information content (AvgIpc) is 2.98. The molecular weight excluding hydrogens is 318 g/mol. The van der Waals surface area contributed by atoms with Gasteiger partial charge in [-0.2, -0.15) is 0 Å². The Hall–Kier alpha value is -1.04. The topological polar surface area (TPSA) is 46.8 Å². The number of nitrogens with zero attached hydrogens (tertiary/aromatic N) is 5. The minimum Gasteiger partial charge on any atom is -0.366 e. The molecule has 0 unspecified atom stereocenters. The fourth-order valence-electron chi connectivity index (χ4n) is 2.84. The molecule has 0 spiro atoms. The van der Waals surface area contributed by atoms with E-state index in [1.807, 2.05) is 7.05 Å². The van der Waals surface area contributed by atoms with Crippen molar-refractivity contribution in [3.05, 3.63) is 5.82 Å². The van der Waals surface area contributed by atoms with Gasteiger partial charge in [0.1, 0.15) is 0 Å². The Bertz CT molecular complexity index is 434. The van der Waals surface area contributed by atoms with Crippen LogP contribution in [0.4, 0.5) is 0 Å². The molecule has 0 amide bonds. The van der Waals surface area contributed by atoms with Crippen LogP contribution in [0.1, 0.15) is 83.9 Å². The maximum absolute atomic E-state index is 5.73. The molecule has 0 atom stereocenters. The van der Waals surface area contributed by atoms with Crippen LogP contribution in [-0.4, -0.2) is 43.2 Å². The highest BCUT2D eigenvalue weighted by Gasteiger charge is 2.10. The zero-order chi connectivity index (χ0) is 17.6. The zero-order valence-corrected chi connectivity index (χ0v) is 16.7. The van der Waals surface area contributed by atoms with E-state index >= 15 is 0 Å². The SMILES string of the molecule is CCCCCCN(CCCCCC)C(=S)CCCc1nnnn1C. The third-order valence-electron chi connectivity index (χ3n) is 4.41. The van der Waals surface area contributed by atoms with Crippen LogP contribution < -0.4 is 0 Å². The van der Waals surface area contributed by atoms with Gasteiger partial charge in [0.2, 0.25) is 0 Å². The number of aryl methyl sites for hydroxylation is 2.